The number of carboxylic acids is 1. The van der Waals surface area contributed by atoms with E-state index in [1.165, 1.54) is 5.56 Å². The van der Waals surface area contributed by atoms with Gasteiger partial charge in [-0.3, -0.25) is 9.59 Å². The van der Waals surface area contributed by atoms with Gasteiger partial charge >= 0.3 is 5.97 Å². The van der Waals surface area contributed by atoms with E-state index in [1.54, 1.807) is 13.0 Å². The van der Waals surface area contributed by atoms with Crippen LogP contribution >= 0.6 is 0 Å². The lowest BCUT2D eigenvalue weighted by molar-refractivity contribution is -0.140. The number of carbonyl (C=O) groups excluding carboxylic acids is 1. The summed E-state index contributed by atoms with van der Waals surface area (Å²) in [5, 5.41) is 17.2. The number of hydrogen-bond acceptors (Lipinski definition) is 5. The van der Waals surface area contributed by atoms with Crippen molar-refractivity contribution in [1.82, 2.24) is 10.1 Å². The molecule has 0 spiro atoms. The Bertz CT molecular complexity index is 1820. The van der Waals surface area contributed by atoms with Gasteiger partial charge in [0.1, 0.15) is 11.4 Å². The molecule has 0 saturated heterocycles. The van der Waals surface area contributed by atoms with Crippen LogP contribution < -0.4 is 5.32 Å². The van der Waals surface area contributed by atoms with Gasteiger partial charge in [0.2, 0.25) is 0 Å². The van der Waals surface area contributed by atoms with Gasteiger partial charge in [-0.15, -0.1) is 0 Å². The molecule has 1 aliphatic rings. The van der Waals surface area contributed by atoms with Gasteiger partial charge in [0.15, 0.2) is 5.76 Å². The molecule has 216 valence electrons. The first-order valence-electron chi connectivity index (χ1n) is 14.3. The van der Waals surface area contributed by atoms with Crippen molar-refractivity contribution in [2.75, 3.05) is 19.4 Å². The maximum absolute atomic E-state index is 13.7. The maximum atomic E-state index is 13.7. The van der Waals surface area contributed by atoms with Gasteiger partial charge in [-0.1, -0.05) is 84.0 Å². The van der Waals surface area contributed by atoms with Crippen LogP contribution in [0.25, 0.3) is 33.6 Å². The molecular formula is C36H33N3O4. The lowest BCUT2D eigenvalue weighted by atomic mass is 9.89. The molecule has 2 N–H and O–H groups in total. The molecule has 0 unspecified atom stereocenters. The van der Waals surface area contributed by atoms with Gasteiger partial charge in [-0.05, 0) is 85.4 Å². The lowest BCUT2D eigenvalue weighted by Gasteiger charge is -2.16. The average Bonchev–Trinajstić information content (AvgIpc) is 3.76. The van der Waals surface area contributed by atoms with Crippen molar-refractivity contribution >= 4 is 17.6 Å². The van der Waals surface area contributed by atoms with Crippen molar-refractivity contribution in [3.63, 3.8) is 0 Å². The number of nitrogens with one attached hydrogen (secondary N) is 1. The number of rotatable bonds is 9. The molecule has 1 amide bonds. The fourth-order valence-electron chi connectivity index (χ4n) is 5.65. The van der Waals surface area contributed by atoms with Crippen molar-refractivity contribution in [3.8, 4) is 33.6 Å². The van der Waals surface area contributed by atoms with Crippen LogP contribution in [-0.2, 0) is 16.8 Å². The molecule has 43 heavy (non-hydrogen) atoms. The van der Waals surface area contributed by atoms with E-state index in [2.05, 4.69) is 27.5 Å². The summed E-state index contributed by atoms with van der Waals surface area (Å²) in [6.45, 7) is 2.56. The topological polar surface area (TPSA) is 95.7 Å². The second-order valence-corrected chi connectivity index (χ2v) is 11.4. The Balaban J connectivity index is 1.38. The van der Waals surface area contributed by atoms with Crippen molar-refractivity contribution in [2.24, 2.45) is 0 Å². The number of carbonyl (C=O) groups is 2. The summed E-state index contributed by atoms with van der Waals surface area (Å²) in [6.07, 6.45) is 1.17. The highest BCUT2D eigenvalue weighted by atomic mass is 16.5. The summed E-state index contributed by atoms with van der Waals surface area (Å²) in [7, 11) is 4.06. The summed E-state index contributed by atoms with van der Waals surface area (Å²) in [5.41, 5.74) is 6.98. The molecule has 1 saturated carbocycles. The van der Waals surface area contributed by atoms with E-state index < -0.39 is 11.4 Å². The zero-order valence-electron chi connectivity index (χ0n) is 24.4. The molecule has 0 bridgehead atoms. The Morgan fingerprint density at radius 2 is 1.58 bits per heavy atom. The summed E-state index contributed by atoms with van der Waals surface area (Å²) in [4.78, 5) is 28.0. The van der Waals surface area contributed by atoms with E-state index in [-0.39, 0.29) is 5.91 Å². The molecule has 1 fully saturated rings. The second-order valence-electron chi connectivity index (χ2n) is 11.4. The van der Waals surface area contributed by atoms with Crippen molar-refractivity contribution in [1.29, 1.82) is 0 Å². The van der Waals surface area contributed by atoms with Crippen LogP contribution in [0.5, 0.6) is 0 Å². The monoisotopic (exact) mass is 571 g/mol. The Hall–Kier alpha value is -5.01. The molecule has 7 heteroatoms. The minimum atomic E-state index is -0.897. The normalized spacial score (nSPS) is 13.6. The first-order chi connectivity index (χ1) is 20.8. The van der Waals surface area contributed by atoms with Crippen LogP contribution in [0.3, 0.4) is 0 Å². The lowest BCUT2D eigenvalue weighted by Crippen LogP contribution is -2.19. The molecule has 0 atom stereocenters. The smallest absolute Gasteiger partial charge is 0.314 e. The Morgan fingerprint density at radius 3 is 2.30 bits per heavy atom. The van der Waals surface area contributed by atoms with Crippen LogP contribution in [0.1, 0.15) is 40.0 Å². The predicted octanol–water partition coefficient (Wildman–Crippen LogP) is 7.41. The molecular weight excluding hydrogens is 538 g/mol. The highest BCUT2D eigenvalue weighted by Gasteiger charge is 2.52. The molecule has 0 aliphatic heterocycles. The number of aryl methyl sites for hydroxylation is 1. The predicted molar refractivity (Wildman–Crippen MR) is 168 cm³/mol. The molecule has 6 rings (SSSR count). The van der Waals surface area contributed by atoms with E-state index in [9.17, 15) is 14.7 Å². The summed E-state index contributed by atoms with van der Waals surface area (Å²) >= 11 is 0. The van der Waals surface area contributed by atoms with E-state index in [0.717, 1.165) is 28.8 Å². The van der Waals surface area contributed by atoms with Crippen molar-refractivity contribution in [2.45, 2.75) is 31.7 Å². The quantitative estimate of drug-likeness (QED) is 0.191. The third-order valence-electron chi connectivity index (χ3n) is 8.10. The van der Waals surface area contributed by atoms with Crippen LogP contribution in [0.15, 0.2) is 102 Å². The van der Waals surface area contributed by atoms with Crippen molar-refractivity contribution in [3.05, 3.63) is 119 Å². The third kappa shape index (κ3) is 5.47. The zero-order valence-corrected chi connectivity index (χ0v) is 24.4. The molecule has 7 nitrogen and oxygen atoms in total. The molecule has 1 heterocycles. The Morgan fingerprint density at radius 1 is 0.860 bits per heavy atom. The fraction of sp³-hybridized carbons (Fsp3) is 0.194. The highest BCUT2D eigenvalue weighted by Crippen LogP contribution is 2.50. The van der Waals surface area contributed by atoms with Crippen LogP contribution in [-0.4, -0.2) is 41.1 Å². The van der Waals surface area contributed by atoms with Gasteiger partial charge in [0.25, 0.3) is 5.91 Å². The number of benzene rings is 4. The minimum Gasteiger partial charge on any atom is -0.481 e. The van der Waals surface area contributed by atoms with Crippen LogP contribution in [0, 0.1) is 6.92 Å². The van der Waals surface area contributed by atoms with Crippen molar-refractivity contribution < 1.29 is 19.2 Å². The van der Waals surface area contributed by atoms with E-state index in [1.807, 2.05) is 93.0 Å². The molecule has 5 aromatic rings. The summed E-state index contributed by atoms with van der Waals surface area (Å²) in [5.74, 6) is -0.735. The first-order valence-corrected chi connectivity index (χ1v) is 14.3. The maximum Gasteiger partial charge on any atom is 0.314 e. The van der Waals surface area contributed by atoms with Gasteiger partial charge in [-0.25, -0.2) is 0 Å². The number of aliphatic carboxylic acids is 1. The molecule has 1 aliphatic carbocycles. The number of carboxylic acid groups (broad SMARTS) is 1. The van der Waals surface area contributed by atoms with Gasteiger partial charge in [0.05, 0.1) is 5.41 Å². The second kappa shape index (κ2) is 11.3. The van der Waals surface area contributed by atoms with E-state index in [0.29, 0.717) is 46.7 Å². The van der Waals surface area contributed by atoms with Crippen LogP contribution in [0.2, 0.25) is 0 Å². The standard InChI is InChI=1S/C36H33N3O4/c1-23-32(37-34(40)26-14-9-13-25(20-26)29-15-8-7-12-27(29)22-39(2)3)33(43-38-23)31-21-28(36(18-19-36)35(41)42)16-17-30(31)24-10-5-4-6-11-24/h4-17,20-21H,18-19,22H2,1-3H3,(H,37,40)(H,41,42). The highest BCUT2D eigenvalue weighted by molar-refractivity contribution is 6.07. The average molecular weight is 572 g/mol. The SMILES string of the molecule is Cc1noc(-c2cc(C3(C(=O)O)CC3)ccc2-c2ccccc2)c1NC(=O)c1cccc(-c2ccccc2CN(C)C)c1. The number of amides is 1. The minimum absolute atomic E-state index is 0.291. The first kappa shape index (κ1) is 28.1. The Labute approximate surface area is 250 Å². The number of aromatic nitrogens is 1. The van der Waals surface area contributed by atoms with E-state index >= 15 is 0 Å². The fourth-order valence-corrected chi connectivity index (χ4v) is 5.65. The Kier molecular flexibility index (Phi) is 7.42. The van der Waals surface area contributed by atoms with Gasteiger partial charge in [-0.2, -0.15) is 0 Å². The summed E-state index contributed by atoms with van der Waals surface area (Å²) < 4.78 is 5.86. The number of nitrogens with zero attached hydrogens (tertiary/aromatic N) is 2. The van der Waals surface area contributed by atoms with Crippen LogP contribution in [0.4, 0.5) is 5.69 Å². The largest absolute Gasteiger partial charge is 0.481 e. The van der Waals surface area contributed by atoms with Gasteiger partial charge < -0.3 is 19.8 Å². The molecule has 1 aromatic heterocycles. The number of anilines is 1. The third-order valence-corrected chi connectivity index (χ3v) is 8.10. The zero-order chi connectivity index (χ0) is 30.1. The van der Waals surface area contributed by atoms with Gasteiger partial charge in [0, 0.05) is 17.7 Å². The summed E-state index contributed by atoms with van der Waals surface area (Å²) in [6, 6.07) is 31.3. The molecule has 0 radical (unpaired) electrons. The van der Waals surface area contributed by atoms with E-state index in [4.69, 9.17) is 4.52 Å². The molecule has 4 aromatic carbocycles. The number of hydrogen-bond donors (Lipinski definition) is 2.